The van der Waals surface area contributed by atoms with E-state index in [1.165, 1.54) is 0 Å². The molecule has 2 N–H and O–H groups in total. The van der Waals surface area contributed by atoms with Gasteiger partial charge in [0.05, 0.1) is 12.8 Å². The Hall–Kier alpha value is -3.57. The fourth-order valence-electron chi connectivity index (χ4n) is 3.60. The molecular formula is C23H20BrN5O2. The van der Waals surface area contributed by atoms with Crippen molar-refractivity contribution in [3.05, 3.63) is 69.3 Å². The smallest absolute Gasteiger partial charge is 0.248 e. The first-order chi connectivity index (χ1) is 15.0. The van der Waals surface area contributed by atoms with Crippen LogP contribution in [0.3, 0.4) is 0 Å². The number of hydrogen-bond acceptors (Lipinski definition) is 6. The largest absolute Gasteiger partial charge is 0.496 e. The number of nitrogen functional groups attached to an aromatic ring is 1. The summed E-state index contributed by atoms with van der Waals surface area (Å²) in [6.45, 7) is 4.24. The normalized spacial score (nSPS) is 10.8. The summed E-state index contributed by atoms with van der Waals surface area (Å²) in [6.07, 6.45) is 0. The Morgan fingerprint density at radius 1 is 1.13 bits per heavy atom. The first kappa shape index (κ1) is 20.7. The third-order valence-electron chi connectivity index (χ3n) is 5.11. The van der Waals surface area contributed by atoms with Gasteiger partial charge in [0, 0.05) is 5.56 Å². The lowest BCUT2D eigenvalue weighted by atomic mass is 10.1. The lowest BCUT2D eigenvalue weighted by molar-refractivity contribution is 0.291. The zero-order chi connectivity index (χ0) is 22.1. The van der Waals surface area contributed by atoms with E-state index >= 15 is 0 Å². The highest BCUT2D eigenvalue weighted by Crippen LogP contribution is 2.37. The maximum atomic E-state index is 9.80. The Kier molecular flexibility index (Phi) is 5.53. The number of methoxy groups -OCH3 is 1. The maximum absolute atomic E-state index is 9.80. The van der Waals surface area contributed by atoms with Crippen molar-refractivity contribution < 1.29 is 9.47 Å². The minimum atomic E-state index is 0.251. The second-order valence-electron chi connectivity index (χ2n) is 7.03. The third-order valence-corrected chi connectivity index (χ3v) is 5.62. The fourth-order valence-corrected chi connectivity index (χ4v) is 3.97. The van der Waals surface area contributed by atoms with Gasteiger partial charge in [0.2, 0.25) is 5.88 Å². The van der Waals surface area contributed by atoms with E-state index in [0.29, 0.717) is 28.3 Å². The second kappa shape index (κ2) is 8.28. The lowest BCUT2D eigenvalue weighted by Crippen LogP contribution is -2.07. The molecule has 156 valence electrons. The van der Waals surface area contributed by atoms with Crippen LogP contribution in [0.1, 0.15) is 22.3 Å². The first-order valence-electron chi connectivity index (χ1n) is 9.55. The van der Waals surface area contributed by atoms with Crippen LogP contribution in [0, 0.1) is 25.2 Å². The van der Waals surface area contributed by atoms with Crippen molar-refractivity contribution in [2.45, 2.75) is 20.5 Å². The van der Waals surface area contributed by atoms with Crippen molar-refractivity contribution in [1.82, 2.24) is 14.5 Å². The van der Waals surface area contributed by atoms with Crippen molar-refractivity contribution in [2.75, 3.05) is 12.8 Å². The van der Waals surface area contributed by atoms with Crippen molar-refractivity contribution in [3.63, 3.8) is 0 Å². The summed E-state index contributed by atoms with van der Waals surface area (Å²) in [6, 6.07) is 15.8. The van der Waals surface area contributed by atoms with Gasteiger partial charge in [0.1, 0.15) is 35.3 Å². The molecule has 0 aliphatic heterocycles. The predicted molar refractivity (Wildman–Crippen MR) is 122 cm³/mol. The maximum Gasteiger partial charge on any atom is 0.248 e. The number of benzene rings is 2. The van der Waals surface area contributed by atoms with Gasteiger partial charge < -0.3 is 15.2 Å². The van der Waals surface area contributed by atoms with Crippen molar-refractivity contribution in [1.29, 1.82) is 5.26 Å². The van der Waals surface area contributed by atoms with Crippen molar-refractivity contribution in [3.8, 4) is 23.4 Å². The predicted octanol–water partition coefficient (Wildman–Crippen LogP) is 4.84. The molecule has 0 fully saturated rings. The van der Waals surface area contributed by atoms with Gasteiger partial charge in [-0.25, -0.2) is 9.97 Å². The molecule has 0 amide bonds. The number of nitrogens with zero attached hydrogens (tertiary/aromatic N) is 4. The molecule has 0 saturated carbocycles. The highest BCUT2D eigenvalue weighted by atomic mass is 79.9. The summed E-state index contributed by atoms with van der Waals surface area (Å²) in [5, 5.41) is 9.80. The summed E-state index contributed by atoms with van der Waals surface area (Å²) >= 11 is 3.46. The highest BCUT2D eigenvalue weighted by molar-refractivity contribution is 9.10. The van der Waals surface area contributed by atoms with Crippen LogP contribution in [-0.2, 0) is 6.61 Å². The van der Waals surface area contributed by atoms with Gasteiger partial charge in [0.25, 0.3) is 0 Å². The molecule has 0 saturated heterocycles. The topological polar surface area (TPSA) is 99.0 Å². The molecule has 0 unspecified atom stereocenters. The number of hydrogen-bond donors (Lipinski definition) is 1. The summed E-state index contributed by atoms with van der Waals surface area (Å²) in [5.74, 6) is 1.28. The number of nitrogens with two attached hydrogens (primary N) is 1. The van der Waals surface area contributed by atoms with Crippen LogP contribution >= 0.6 is 15.9 Å². The molecule has 2 aromatic carbocycles. The molecule has 4 aromatic rings. The van der Waals surface area contributed by atoms with E-state index in [4.69, 9.17) is 15.2 Å². The Labute approximate surface area is 188 Å². The monoisotopic (exact) mass is 477 g/mol. The first-order valence-corrected chi connectivity index (χ1v) is 10.3. The van der Waals surface area contributed by atoms with Gasteiger partial charge in [0.15, 0.2) is 10.3 Å². The summed E-state index contributed by atoms with van der Waals surface area (Å²) in [4.78, 5) is 9.23. The lowest BCUT2D eigenvalue weighted by Gasteiger charge is -2.16. The van der Waals surface area contributed by atoms with E-state index in [1.807, 2.05) is 56.3 Å². The number of aromatic nitrogens is 3. The van der Waals surface area contributed by atoms with Crippen LogP contribution in [0.4, 0.5) is 5.82 Å². The SMILES string of the molecule is COc1ccc(C)c(-n2c(N)c(C#N)c3nc(OCc4ccccc4)c(Br)nc32)c1C. The number of nitriles is 1. The van der Waals surface area contributed by atoms with Crippen LogP contribution in [0.5, 0.6) is 11.6 Å². The number of halogens is 1. The summed E-state index contributed by atoms with van der Waals surface area (Å²) in [7, 11) is 1.62. The second-order valence-corrected chi connectivity index (χ2v) is 7.78. The van der Waals surface area contributed by atoms with Crippen LogP contribution in [0.15, 0.2) is 47.1 Å². The van der Waals surface area contributed by atoms with E-state index in [2.05, 4.69) is 32.0 Å². The summed E-state index contributed by atoms with van der Waals surface area (Å²) < 4.78 is 13.5. The third kappa shape index (κ3) is 3.57. The Morgan fingerprint density at radius 3 is 2.55 bits per heavy atom. The molecule has 4 rings (SSSR count). The molecule has 8 heteroatoms. The molecular weight excluding hydrogens is 458 g/mol. The Bertz CT molecular complexity index is 1330. The Morgan fingerprint density at radius 2 is 1.87 bits per heavy atom. The fraction of sp³-hybridized carbons (Fsp3) is 0.174. The van der Waals surface area contributed by atoms with Crippen molar-refractivity contribution >= 4 is 32.9 Å². The zero-order valence-corrected chi connectivity index (χ0v) is 18.9. The van der Waals surface area contributed by atoms with Gasteiger partial charge >= 0.3 is 0 Å². The number of aryl methyl sites for hydroxylation is 1. The van der Waals surface area contributed by atoms with E-state index in [0.717, 1.165) is 28.1 Å². The van der Waals surface area contributed by atoms with E-state index in [-0.39, 0.29) is 11.4 Å². The standard InChI is InChI=1S/C23H20BrN5O2/c1-13-9-10-17(30-3)14(2)19(13)29-21(26)16(11-25)18-22(29)28-20(24)23(27-18)31-12-15-7-5-4-6-8-15/h4-10H,12,26H2,1-3H3. The number of anilines is 1. The quantitative estimate of drug-likeness (QED) is 0.441. The summed E-state index contributed by atoms with van der Waals surface area (Å²) in [5.41, 5.74) is 11.2. The molecule has 0 spiro atoms. The molecule has 0 aliphatic rings. The van der Waals surface area contributed by atoms with Gasteiger partial charge in [-0.05, 0) is 47.0 Å². The Balaban J connectivity index is 1.89. The van der Waals surface area contributed by atoms with Crippen LogP contribution in [0.2, 0.25) is 0 Å². The van der Waals surface area contributed by atoms with E-state index in [9.17, 15) is 5.26 Å². The molecule has 2 heterocycles. The van der Waals surface area contributed by atoms with Crippen LogP contribution in [0.25, 0.3) is 16.9 Å². The van der Waals surface area contributed by atoms with Crippen LogP contribution < -0.4 is 15.2 Å². The number of ether oxygens (including phenoxy) is 2. The highest BCUT2D eigenvalue weighted by Gasteiger charge is 2.24. The van der Waals surface area contributed by atoms with Gasteiger partial charge in [-0.1, -0.05) is 36.4 Å². The van der Waals surface area contributed by atoms with E-state index in [1.54, 1.807) is 11.7 Å². The molecule has 0 aliphatic carbocycles. The van der Waals surface area contributed by atoms with Gasteiger partial charge in [-0.3, -0.25) is 4.57 Å². The minimum Gasteiger partial charge on any atom is -0.496 e. The molecule has 31 heavy (non-hydrogen) atoms. The van der Waals surface area contributed by atoms with E-state index < -0.39 is 0 Å². The molecule has 0 atom stereocenters. The van der Waals surface area contributed by atoms with Crippen LogP contribution in [-0.4, -0.2) is 21.6 Å². The average Bonchev–Trinajstić information content (AvgIpc) is 3.03. The number of fused-ring (bicyclic) bond motifs is 1. The van der Waals surface area contributed by atoms with Crippen molar-refractivity contribution in [2.24, 2.45) is 0 Å². The molecule has 0 bridgehead atoms. The van der Waals surface area contributed by atoms with Gasteiger partial charge in [-0.2, -0.15) is 5.26 Å². The molecule has 2 aromatic heterocycles. The average molecular weight is 478 g/mol. The van der Waals surface area contributed by atoms with Gasteiger partial charge in [-0.15, -0.1) is 0 Å². The number of rotatable bonds is 5. The minimum absolute atomic E-state index is 0.251. The zero-order valence-electron chi connectivity index (χ0n) is 17.3. The molecule has 7 nitrogen and oxygen atoms in total. The molecule has 0 radical (unpaired) electrons.